The predicted octanol–water partition coefficient (Wildman–Crippen LogP) is 0.942. The van der Waals surface area contributed by atoms with E-state index in [2.05, 4.69) is 10.6 Å². The lowest BCUT2D eigenvalue weighted by Crippen LogP contribution is -2.58. The van der Waals surface area contributed by atoms with Gasteiger partial charge in [0.2, 0.25) is 21.8 Å². The van der Waals surface area contributed by atoms with Gasteiger partial charge in [-0.2, -0.15) is 4.31 Å². The molecule has 0 radical (unpaired) electrons. The van der Waals surface area contributed by atoms with Gasteiger partial charge in [-0.1, -0.05) is 24.3 Å². The number of rotatable bonds is 9. The third-order valence-electron chi connectivity index (χ3n) is 5.19. The first-order chi connectivity index (χ1) is 15.4. The maximum Gasteiger partial charge on any atom is 0.243 e. The van der Waals surface area contributed by atoms with Crippen LogP contribution < -0.4 is 20.1 Å². The highest BCUT2D eigenvalue weighted by Gasteiger charge is 2.39. The van der Waals surface area contributed by atoms with Gasteiger partial charge in [0.25, 0.3) is 0 Å². The van der Waals surface area contributed by atoms with Crippen LogP contribution in [0.3, 0.4) is 0 Å². The van der Waals surface area contributed by atoms with Gasteiger partial charge in [0, 0.05) is 19.6 Å². The maximum atomic E-state index is 13.0. The zero-order valence-corrected chi connectivity index (χ0v) is 18.9. The van der Waals surface area contributed by atoms with Gasteiger partial charge >= 0.3 is 0 Å². The largest absolute Gasteiger partial charge is 0.493 e. The normalized spacial score (nSPS) is 16.8. The van der Waals surface area contributed by atoms with Crippen LogP contribution in [-0.4, -0.2) is 64.4 Å². The number of carbonyl (C=O) groups excluding carboxylic acids is 2. The summed E-state index contributed by atoms with van der Waals surface area (Å²) < 4.78 is 37.7. The van der Waals surface area contributed by atoms with Crippen LogP contribution in [0.4, 0.5) is 0 Å². The van der Waals surface area contributed by atoms with Crippen LogP contribution in [0, 0.1) is 0 Å². The van der Waals surface area contributed by atoms with Crippen molar-refractivity contribution in [2.24, 2.45) is 0 Å². The van der Waals surface area contributed by atoms with E-state index < -0.39 is 27.9 Å². The minimum atomic E-state index is -3.90. The molecule has 2 N–H and O–H groups in total. The summed E-state index contributed by atoms with van der Waals surface area (Å²) in [5.74, 6) is 0.326. The molecule has 1 saturated heterocycles. The number of methoxy groups -OCH3 is 2. The highest BCUT2D eigenvalue weighted by molar-refractivity contribution is 7.89. The molecule has 32 heavy (non-hydrogen) atoms. The summed E-state index contributed by atoms with van der Waals surface area (Å²) in [6.07, 6.45) is 0.277. The Bertz CT molecular complexity index is 1060. The summed E-state index contributed by atoms with van der Waals surface area (Å²) in [7, 11) is -0.795. The van der Waals surface area contributed by atoms with Gasteiger partial charge in [-0.05, 0) is 36.2 Å². The molecule has 2 aromatic carbocycles. The average Bonchev–Trinajstić information content (AvgIpc) is 2.80. The van der Waals surface area contributed by atoms with Gasteiger partial charge in [-0.25, -0.2) is 8.42 Å². The fourth-order valence-electron chi connectivity index (χ4n) is 3.53. The molecule has 1 atom stereocenters. The van der Waals surface area contributed by atoms with E-state index in [9.17, 15) is 18.0 Å². The molecule has 1 fully saturated rings. The van der Waals surface area contributed by atoms with Crippen molar-refractivity contribution in [3.8, 4) is 11.5 Å². The molecule has 10 heteroatoms. The Kier molecular flexibility index (Phi) is 7.70. The second kappa shape index (κ2) is 10.5. The van der Waals surface area contributed by atoms with Gasteiger partial charge in [0.1, 0.15) is 6.04 Å². The number of piperazine rings is 1. The topological polar surface area (TPSA) is 114 Å². The zero-order valence-electron chi connectivity index (χ0n) is 18.0. The molecule has 172 valence electrons. The Morgan fingerprint density at radius 1 is 1.12 bits per heavy atom. The number of nitrogens with zero attached hydrogens (tertiary/aromatic N) is 1. The van der Waals surface area contributed by atoms with E-state index in [1.54, 1.807) is 38.5 Å². The minimum Gasteiger partial charge on any atom is -0.493 e. The summed E-state index contributed by atoms with van der Waals surface area (Å²) in [6, 6.07) is 12.3. The molecular formula is C22H27N3O6S. The molecule has 2 amide bonds. The Balaban J connectivity index is 1.63. The fraction of sp³-hybridized carbons (Fsp3) is 0.364. The van der Waals surface area contributed by atoms with E-state index in [1.807, 2.05) is 12.1 Å². The molecule has 9 nitrogen and oxygen atoms in total. The van der Waals surface area contributed by atoms with Gasteiger partial charge in [-0.15, -0.1) is 0 Å². The number of carbonyl (C=O) groups is 2. The molecule has 1 aliphatic heterocycles. The van der Waals surface area contributed by atoms with Crippen LogP contribution in [0.15, 0.2) is 53.4 Å². The second-order valence-electron chi connectivity index (χ2n) is 7.23. The maximum absolute atomic E-state index is 13.0. The molecule has 1 heterocycles. The lowest BCUT2D eigenvalue weighted by molar-refractivity contribution is -0.131. The predicted molar refractivity (Wildman–Crippen MR) is 118 cm³/mol. The fourth-order valence-corrected chi connectivity index (χ4v) is 5.14. The molecule has 0 aromatic heterocycles. The molecule has 2 aromatic rings. The molecule has 0 bridgehead atoms. The smallest absolute Gasteiger partial charge is 0.243 e. The van der Waals surface area contributed by atoms with E-state index in [4.69, 9.17) is 9.47 Å². The van der Waals surface area contributed by atoms with Crippen molar-refractivity contribution in [3.05, 3.63) is 54.1 Å². The van der Waals surface area contributed by atoms with E-state index in [1.165, 1.54) is 12.1 Å². The highest BCUT2D eigenvalue weighted by atomic mass is 32.2. The molecule has 3 rings (SSSR count). The molecule has 0 aliphatic carbocycles. The number of nitrogens with one attached hydrogen (secondary N) is 2. The molecule has 1 aliphatic rings. The first-order valence-corrected chi connectivity index (χ1v) is 11.6. The first kappa shape index (κ1) is 23.6. The lowest BCUT2D eigenvalue weighted by Gasteiger charge is -2.33. The van der Waals surface area contributed by atoms with Gasteiger partial charge < -0.3 is 20.1 Å². The van der Waals surface area contributed by atoms with Crippen LogP contribution in [0.25, 0.3) is 0 Å². The zero-order chi connectivity index (χ0) is 23.1. The third-order valence-corrected chi connectivity index (χ3v) is 7.12. The van der Waals surface area contributed by atoms with E-state index >= 15 is 0 Å². The number of sulfonamides is 1. The minimum absolute atomic E-state index is 0.0913. The first-order valence-electron chi connectivity index (χ1n) is 10.2. The van der Waals surface area contributed by atoms with Crippen LogP contribution in [0.1, 0.15) is 12.0 Å². The summed E-state index contributed by atoms with van der Waals surface area (Å²) in [6.45, 7) is 0.628. The quantitative estimate of drug-likeness (QED) is 0.575. The Hall–Kier alpha value is -3.11. The second-order valence-corrected chi connectivity index (χ2v) is 9.12. The van der Waals surface area contributed by atoms with E-state index in [0.29, 0.717) is 24.5 Å². The van der Waals surface area contributed by atoms with Crippen molar-refractivity contribution in [1.82, 2.24) is 14.9 Å². The summed E-state index contributed by atoms with van der Waals surface area (Å²) in [4.78, 5) is 25.0. The summed E-state index contributed by atoms with van der Waals surface area (Å²) in [5.41, 5.74) is 0.937. The molecular weight excluding hydrogens is 434 g/mol. The summed E-state index contributed by atoms with van der Waals surface area (Å²) in [5, 5.41) is 5.41. The van der Waals surface area contributed by atoms with Crippen molar-refractivity contribution in [2.45, 2.75) is 23.8 Å². The number of hydrogen-bond acceptors (Lipinski definition) is 6. The van der Waals surface area contributed by atoms with Crippen molar-refractivity contribution in [1.29, 1.82) is 0 Å². The number of benzene rings is 2. The standard InChI is InChI=1S/C22H27N3O6S/c1-30-19-9-8-16(14-20(19)31-2)10-11-23-21(26)15-18-22(27)24-12-13-25(18)32(28,29)17-6-4-3-5-7-17/h3-9,14,18H,10-13,15H2,1-2H3,(H,23,26)(H,24,27)/t18-/m1/s1. The Labute approximate surface area is 187 Å². The Morgan fingerprint density at radius 3 is 2.53 bits per heavy atom. The lowest BCUT2D eigenvalue weighted by atomic mass is 10.1. The van der Waals surface area contributed by atoms with E-state index in [0.717, 1.165) is 9.87 Å². The van der Waals surface area contributed by atoms with Crippen LogP contribution >= 0.6 is 0 Å². The van der Waals surface area contributed by atoms with Crippen molar-refractivity contribution >= 4 is 21.8 Å². The van der Waals surface area contributed by atoms with Crippen molar-refractivity contribution in [2.75, 3.05) is 33.9 Å². The number of ether oxygens (including phenoxy) is 2. The SMILES string of the molecule is COc1ccc(CCNC(=O)C[C@@H]2C(=O)NCCN2S(=O)(=O)c2ccccc2)cc1OC. The van der Waals surface area contributed by atoms with Gasteiger partial charge in [-0.3, -0.25) is 9.59 Å². The van der Waals surface area contributed by atoms with Gasteiger partial charge in [0.05, 0.1) is 25.5 Å². The Morgan fingerprint density at radius 2 is 1.84 bits per heavy atom. The van der Waals surface area contributed by atoms with Crippen LogP contribution in [-0.2, 0) is 26.0 Å². The van der Waals surface area contributed by atoms with Crippen molar-refractivity contribution in [3.63, 3.8) is 0 Å². The monoisotopic (exact) mass is 461 g/mol. The molecule has 0 unspecified atom stereocenters. The number of amides is 2. The van der Waals surface area contributed by atoms with Crippen LogP contribution in [0.5, 0.6) is 11.5 Å². The van der Waals surface area contributed by atoms with Crippen molar-refractivity contribution < 1.29 is 27.5 Å². The molecule has 0 saturated carbocycles. The highest BCUT2D eigenvalue weighted by Crippen LogP contribution is 2.27. The average molecular weight is 462 g/mol. The number of hydrogen-bond donors (Lipinski definition) is 2. The van der Waals surface area contributed by atoms with Gasteiger partial charge in [0.15, 0.2) is 11.5 Å². The summed E-state index contributed by atoms with van der Waals surface area (Å²) >= 11 is 0. The van der Waals surface area contributed by atoms with E-state index in [-0.39, 0.29) is 24.4 Å². The third kappa shape index (κ3) is 5.38. The van der Waals surface area contributed by atoms with Crippen LogP contribution in [0.2, 0.25) is 0 Å². The molecule has 0 spiro atoms.